The number of urea groups is 1. The van der Waals surface area contributed by atoms with E-state index >= 15 is 0 Å². The first-order valence-electron chi connectivity index (χ1n) is 7.90. The molecule has 128 valence electrons. The fraction of sp³-hybridized carbons (Fsp3) is 0.412. The lowest BCUT2D eigenvalue weighted by Crippen LogP contribution is -2.40. The maximum absolute atomic E-state index is 12.5. The molecule has 24 heavy (non-hydrogen) atoms. The number of amides is 2. The Labute approximate surface area is 145 Å². The first-order valence-corrected chi connectivity index (χ1v) is 8.78. The van der Waals surface area contributed by atoms with Crippen LogP contribution in [0, 0.1) is 0 Å². The van der Waals surface area contributed by atoms with E-state index in [9.17, 15) is 4.79 Å². The van der Waals surface area contributed by atoms with Gasteiger partial charge >= 0.3 is 6.03 Å². The third-order valence-electron chi connectivity index (χ3n) is 4.06. The van der Waals surface area contributed by atoms with Crippen LogP contribution in [0.2, 0.25) is 0 Å². The van der Waals surface area contributed by atoms with Gasteiger partial charge in [-0.3, -0.25) is 0 Å². The van der Waals surface area contributed by atoms with Crippen molar-refractivity contribution in [3.8, 4) is 5.88 Å². The summed E-state index contributed by atoms with van der Waals surface area (Å²) in [6.45, 7) is 3.75. The molecule has 6 nitrogen and oxygen atoms in total. The van der Waals surface area contributed by atoms with Crippen LogP contribution in [0.3, 0.4) is 0 Å². The SMILES string of the molecule is COCCOc1ccc(NC(=O)N2CCc3sccc3[C@@H]2C)cn1. The third kappa shape index (κ3) is 3.68. The monoisotopic (exact) mass is 347 g/mol. The Kier molecular flexibility index (Phi) is 5.32. The van der Waals surface area contributed by atoms with Crippen LogP contribution in [-0.2, 0) is 11.2 Å². The van der Waals surface area contributed by atoms with Crippen LogP contribution >= 0.6 is 11.3 Å². The number of anilines is 1. The zero-order valence-corrected chi connectivity index (χ0v) is 14.6. The molecule has 0 spiro atoms. The zero-order chi connectivity index (χ0) is 16.9. The highest BCUT2D eigenvalue weighted by molar-refractivity contribution is 7.10. The fourth-order valence-corrected chi connectivity index (χ4v) is 3.71. The maximum Gasteiger partial charge on any atom is 0.322 e. The summed E-state index contributed by atoms with van der Waals surface area (Å²) >= 11 is 1.77. The van der Waals surface area contributed by atoms with Crippen LogP contribution in [0.15, 0.2) is 29.8 Å². The number of ether oxygens (including phenoxy) is 2. The van der Waals surface area contributed by atoms with Crippen molar-refractivity contribution in [1.82, 2.24) is 9.88 Å². The first kappa shape index (κ1) is 16.7. The van der Waals surface area contributed by atoms with E-state index in [1.54, 1.807) is 36.8 Å². The second-order valence-electron chi connectivity index (χ2n) is 5.58. The minimum Gasteiger partial charge on any atom is -0.475 e. The van der Waals surface area contributed by atoms with Crippen molar-refractivity contribution in [1.29, 1.82) is 0 Å². The van der Waals surface area contributed by atoms with Crippen molar-refractivity contribution < 1.29 is 14.3 Å². The highest BCUT2D eigenvalue weighted by Crippen LogP contribution is 2.33. The van der Waals surface area contributed by atoms with Gasteiger partial charge in [0.15, 0.2) is 0 Å². The van der Waals surface area contributed by atoms with E-state index in [0.29, 0.717) is 24.8 Å². The lowest BCUT2D eigenvalue weighted by Gasteiger charge is -2.33. The van der Waals surface area contributed by atoms with E-state index in [4.69, 9.17) is 9.47 Å². The minimum atomic E-state index is -0.103. The number of pyridine rings is 1. The minimum absolute atomic E-state index is 0.0876. The van der Waals surface area contributed by atoms with Gasteiger partial charge in [-0.15, -0.1) is 11.3 Å². The molecular weight excluding hydrogens is 326 g/mol. The summed E-state index contributed by atoms with van der Waals surface area (Å²) in [5.41, 5.74) is 1.91. The van der Waals surface area contributed by atoms with Gasteiger partial charge in [0.05, 0.1) is 24.5 Å². The van der Waals surface area contributed by atoms with Gasteiger partial charge < -0.3 is 19.7 Å². The van der Waals surface area contributed by atoms with Gasteiger partial charge in [0.2, 0.25) is 5.88 Å². The number of nitrogens with one attached hydrogen (secondary N) is 1. The molecule has 0 aromatic carbocycles. The summed E-state index contributed by atoms with van der Waals surface area (Å²) in [6.07, 6.45) is 2.51. The van der Waals surface area contributed by atoms with Crippen molar-refractivity contribution >= 4 is 23.1 Å². The van der Waals surface area contributed by atoms with Crippen LogP contribution in [-0.4, -0.2) is 42.8 Å². The number of fused-ring (bicyclic) bond motifs is 1. The Morgan fingerprint density at radius 2 is 2.29 bits per heavy atom. The van der Waals surface area contributed by atoms with Crippen LogP contribution in [0.25, 0.3) is 0 Å². The molecule has 2 aromatic heterocycles. The predicted molar refractivity (Wildman–Crippen MR) is 93.8 cm³/mol. The van der Waals surface area contributed by atoms with E-state index in [2.05, 4.69) is 28.7 Å². The molecule has 3 heterocycles. The summed E-state index contributed by atoms with van der Waals surface area (Å²) in [5.74, 6) is 0.513. The molecule has 0 fully saturated rings. The molecule has 7 heteroatoms. The molecular formula is C17H21N3O3S. The van der Waals surface area contributed by atoms with Crippen molar-refractivity contribution in [2.45, 2.75) is 19.4 Å². The zero-order valence-electron chi connectivity index (χ0n) is 13.8. The molecule has 1 aliphatic rings. The first-order chi connectivity index (χ1) is 11.7. The van der Waals surface area contributed by atoms with Crippen molar-refractivity contribution in [2.75, 3.05) is 32.2 Å². The normalized spacial score (nSPS) is 16.6. The summed E-state index contributed by atoms with van der Waals surface area (Å²) in [4.78, 5) is 20.0. The highest BCUT2D eigenvalue weighted by atomic mass is 32.1. The number of methoxy groups -OCH3 is 1. The van der Waals surface area contributed by atoms with Crippen LogP contribution in [0.1, 0.15) is 23.4 Å². The van der Waals surface area contributed by atoms with E-state index in [1.165, 1.54) is 10.4 Å². The van der Waals surface area contributed by atoms with Crippen LogP contribution in [0.4, 0.5) is 10.5 Å². The van der Waals surface area contributed by atoms with E-state index in [-0.39, 0.29) is 12.1 Å². The van der Waals surface area contributed by atoms with Gasteiger partial charge in [-0.1, -0.05) is 0 Å². The second-order valence-corrected chi connectivity index (χ2v) is 6.58. The second kappa shape index (κ2) is 7.63. The summed E-state index contributed by atoms with van der Waals surface area (Å²) in [7, 11) is 1.62. The van der Waals surface area contributed by atoms with Gasteiger partial charge in [0, 0.05) is 24.6 Å². The number of hydrogen-bond acceptors (Lipinski definition) is 5. The smallest absolute Gasteiger partial charge is 0.322 e. The van der Waals surface area contributed by atoms with E-state index in [0.717, 1.165) is 13.0 Å². The van der Waals surface area contributed by atoms with Gasteiger partial charge in [-0.25, -0.2) is 9.78 Å². The number of carbonyl (C=O) groups excluding carboxylic acids is 1. The standard InChI is InChI=1S/C17H21N3O3S/c1-12-14-6-10-24-15(14)5-7-20(12)17(21)19-13-3-4-16(18-11-13)23-9-8-22-2/h3-4,6,10-12H,5,7-9H2,1-2H3,(H,19,21)/t12-/m0/s1. The van der Waals surface area contributed by atoms with E-state index < -0.39 is 0 Å². The summed E-state index contributed by atoms with van der Waals surface area (Å²) in [6, 6.07) is 5.62. The van der Waals surface area contributed by atoms with Gasteiger partial charge in [-0.05, 0) is 36.4 Å². The van der Waals surface area contributed by atoms with Crippen LogP contribution in [0.5, 0.6) is 5.88 Å². The number of aromatic nitrogens is 1. The number of nitrogens with zero attached hydrogens (tertiary/aromatic N) is 2. The Bertz CT molecular complexity index is 687. The summed E-state index contributed by atoms with van der Waals surface area (Å²) < 4.78 is 10.3. The molecule has 0 saturated carbocycles. The molecule has 0 radical (unpaired) electrons. The molecule has 2 aromatic rings. The van der Waals surface area contributed by atoms with Crippen molar-refractivity contribution in [3.05, 3.63) is 40.2 Å². The van der Waals surface area contributed by atoms with Crippen molar-refractivity contribution in [3.63, 3.8) is 0 Å². The topological polar surface area (TPSA) is 63.7 Å². The van der Waals surface area contributed by atoms with Crippen LogP contribution < -0.4 is 10.1 Å². The average molecular weight is 347 g/mol. The molecule has 1 N–H and O–H groups in total. The summed E-state index contributed by atoms with van der Waals surface area (Å²) in [5, 5.41) is 5.00. The lowest BCUT2D eigenvalue weighted by molar-refractivity contribution is 0.144. The average Bonchev–Trinajstić information content (AvgIpc) is 3.06. The molecule has 2 amide bonds. The lowest BCUT2D eigenvalue weighted by atomic mass is 10.0. The molecule has 3 rings (SSSR count). The number of thiophene rings is 1. The molecule has 0 aliphatic carbocycles. The van der Waals surface area contributed by atoms with Gasteiger partial charge in [-0.2, -0.15) is 0 Å². The Hall–Kier alpha value is -2.12. The molecule has 0 bridgehead atoms. The fourth-order valence-electron chi connectivity index (χ4n) is 2.75. The number of rotatable bonds is 5. The molecule has 0 saturated heterocycles. The Balaban J connectivity index is 1.59. The quantitative estimate of drug-likeness (QED) is 0.843. The molecule has 1 atom stereocenters. The predicted octanol–water partition coefficient (Wildman–Crippen LogP) is 3.32. The van der Waals surface area contributed by atoms with Gasteiger partial charge in [0.25, 0.3) is 0 Å². The largest absolute Gasteiger partial charge is 0.475 e. The van der Waals surface area contributed by atoms with Crippen molar-refractivity contribution in [2.24, 2.45) is 0 Å². The number of carbonyl (C=O) groups is 1. The van der Waals surface area contributed by atoms with Gasteiger partial charge in [0.1, 0.15) is 6.61 Å². The molecule has 1 aliphatic heterocycles. The third-order valence-corrected chi connectivity index (χ3v) is 5.06. The maximum atomic E-state index is 12.5. The Morgan fingerprint density at radius 3 is 3.04 bits per heavy atom. The number of hydrogen-bond donors (Lipinski definition) is 1. The Morgan fingerprint density at radius 1 is 1.42 bits per heavy atom. The molecule has 0 unspecified atom stereocenters. The highest BCUT2D eigenvalue weighted by Gasteiger charge is 2.28. The van der Waals surface area contributed by atoms with E-state index in [1.807, 2.05) is 4.90 Å².